The number of carbonyl (C=O) groups excluding carboxylic acids is 1. The Balaban J connectivity index is 2.80. The lowest BCUT2D eigenvalue weighted by atomic mass is 10.0. The first-order valence-electron chi connectivity index (χ1n) is 5.95. The lowest BCUT2D eigenvalue weighted by Gasteiger charge is -2.24. The quantitative estimate of drug-likeness (QED) is 0.814. The number of aliphatic hydroxyl groups excluding tert-OH is 1. The van der Waals surface area contributed by atoms with Crippen molar-refractivity contribution in [1.29, 1.82) is 0 Å². The van der Waals surface area contributed by atoms with Crippen molar-refractivity contribution in [3.05, 3.63) is 35.4 Å². The molecule has 0 bridgehead atoms. The van der Waals surface area contributed by atoms with Gasteiger partial charge in [0.05, 0.1) is 13.2 Å². The highest BCUT2D eigenvalue weighted by Gasteiger charge is 2.24. The largest absolute Gasteiger partial charge is 0.395 e. The smallest absolute Gasteiger partial charge is 0.255 e. The van der Waals surface area contributed by atoms with Gasteiger partial charge in [0.15, 0.2) is 0 Å². The van der Waals surface area contributed by atoms with Crippen molar-refractivity contribution in [2.45, 2.75) is 19.4 Å². The summed E-state index contributed by atoms with van der Waals surface area (Å²) in [6.45, 7) is 0.646. The molecule has 0 spiro atoms. The van der Waals surface area contributed by atoms with Gasteiger partial charge >= 0.3 is 0 Å². The van der Waals surface area contributed by atoms with E-state index in [4.69, 9.17) is 10.8 Å². The van der Waals surface area contributed by atoms with Gasteiger partial charge in [-0.3, -0.25) is 4.79 Å². The second-order valence-corrected chi connectivity index (χ2v) is 4.29. The molecule has 1 amide bonds. The van der Waals surface area contributed by atoms with Gasteiger partial charge in [0.1, 0.15) is 6.04 Å². The van der Waals surface area contributed by atoms with Crippen LogP contribution in [0.1, 0.15) is 17.2 Å². The number of rotatable bonds is 6. The summed E-state index contributed by atoms with van der Waals surface area (Å²) in [6.07, 6.45) is -2.65. The number of alkyl halides is 2. The van der Waals surface area contributed by atoms with Crippen LogP contribution in [0.15, 0.2) is 24.3 Å². The zero-order valence-electron chi connectivity index (χ0n) is 10.7. The SMILES string of the molecule is Cc1ccc(C(N)C(=O)N(CCO)CC(F)F)cc1. The third kappa shape index (κ3) is 4.57. The predicted molar refractivity (Wildman–Crippen MR) is 67.8 cm³/mol. The summed E-state index contributed by atoms with van der Waals surface area (Å²) >= 11 is 0. The van der Waals surface area contributed by atoms with Gasteiger partial charge in [-0.25, -0.2) is 8.78 Å². The molecular weight excluding hydrogens is 254 g/mol. The molecule has 0 aromatic heterocycles. The molecule has 0 saturated carbocycles. The van der Waals surface area contributed by atoms with Gasteiger partial charge in [-0.1, -0.05) is 29.8 Å². The minimum absolute atomic E-state index is 0.150. The Morgan fingerprint density at radius 1 is 1.37 bits per heavy atom. The van der Waals surface area contributed by atoms with E-state index in [-0.39, 0.29) is 13.2 Å². The first kappa shape index (κ1) is 15.5. The number of benzene rings is 1. The maximum atomic E-state index is 12.4. The number of nitrogens with zero attached hydrogens (tertiary/aromatic N) is 1. The van der Waals surface area contributed by atoms with Gasteiger partial charge in [0, 0.05) is 6.54 Å². The standard InChI is InChI=1S/C13H18F2N2O2/c1-9-2-4-10(5-3-9)12(16)13(19)17(6-7-18)8-11(14)15/h2-5,11-12,18H,6-8,16H2,1H3. The molecule has 106 valence electrons. The average molecular weight is 272 g/mol. The average Bonchev–Trinajstić information content (AvgIpc) is 2.37. The van der Waals surface area contributed by atoms with Crippen molar-refractivity contribution in [1.82, 2.24) is 4.90 Å². The third-order valence-electron chi connectivity index (χ3n) is 2.74. The zero-order valence-corrected chi connectivity index (χ0v) is 10.7. The minimum Gasteiger partial charge on any atom is -0.395 e. The fourth-order valence-corrected chi connectivity index (χ4v) is 1.69. The molecule has 0 heterocycles. The topological polar surface area (TPSA) is 66.6 Å². The molecule has 0 saturated heterocycles. The van der Waals surface area contributed by atoms with Crippen LogP contribution < -0.4 is 5.73 Å². The highest BCUT2D eigenvalue weighted by molar-refractivity contribution is 5.83. The normalized spacial score (nSPS) is 12.5. The Labute approximate surface area is 110 Å². The Kier molecular flexibility index (Phi) is 5.85. The number of halogens is 2. The number of amides is 1. The van der Waals surface area contributed by atoms with E-state index in [1.54, 1.807) is 24.3 Å². The van der Waals surface area contributed by atoms with Crippen LogP contribution in [0.25, 0.3) is 0 Å². The lowest BCUT2D eigenvalue weighted by Crippen LogP contribution is -2.42. The Hall–Kier alpha value is -1.53. The molecule has 1 aromatic carbocycles. The second-order valence-electron chi connectivity index (χ2n) is 4.29. The van der Waals surface area contributed by atoms with Gasteiger partial charge in [-0.2, -0.15) is 0 Å². The lowest BCUT2D eigenvalue weighted by molar-refractivity contribution is -0.135. The van der Waals surface area contributed by atoms with Crippen molar-refractivity contribution < 1.29 is 18.7 Å². The molecule has 0 radical (unpaired) electrons. The van der Waals surface area contributed by atoms with E-state index in [0.717, 1.165) is 10.5 Å². The van der Waals surface area contributed by atoms with Crippen LogP contribution in [0.2, 0.25) is 0 Å². The van der Waals surface area contributed by atoms with Gasteiger partial charge in [-0.15, -0.1) is 0 Å². The fourth-order valence-electron chi connectivity index (χ4n) is 1.69. The number of aryl methyl sites for hydroxylation is 1. The summed E-state index contributed by atoms with van der Waals surface area (Å²) < 4.78 is 24.7. The number of nitrogens with two attached hydrogens (primary N) is 1. The number of aliphatic hydroxyl groups is 1. The number of carbonyl (C=O) groups is 1. The van der Waals surface area contributed by atoms with Crippen LogP contribution in [0.3, 0.4) is 0 Å². The maximum Gasteiger partial charge on any atom is 0.255 e. The molecule has 1 rings (SSSR count). The molecule has 6 heteroatoms. The van der Waals surface area contributed by atoms with Crippen LogP contribution >= 0.6 is 0 Å². The molecule has 1 unspecified atom stereocenters. The summed E-state index contributed by atoms with van der Waals surface area (Å²) in [6, 6.07) is 5.98. The highest BCUT2D eigenvalue weighted by Crippen LogP contribution is 2.15. The highest BCUT2D eigenvalue weighted by atomic mass is 19.3. The Bertz CT molecular complexity index is 410. The van der Waals surface area contributed by atoms with Gasteiger partial charge in [0.2, 0.25) is 5.91 Å². The summed E-state index contributed by atoms with van der Waals surface area (Å²) in [5.74, 6) is -0.613. The Morgan fingerprint density at radius 3 is 2.42 bits per heavy atom. The minimum atomic E-state index is -2.65. The zero-order chi connectivity index (χ0) is 14.4. The Morgan fingerprint density at radius 2 is 1.95 bits per heavy atom. The molecule has 19 heavy (non-hydrogen) atoms. The van der Waals surface area contributed by atoms with E-state index < -0.39 is 24.9 Å². The summed E-state index contributed by atoms with van der Waals surface area (Å²) in [7, 11) is 0. The molecule has 0 aliphatic rings. The van der Waals surface area contributed by atoms with Crippen LogP contribution in [-0.2, 0) is 4.79 Å². The number of hydrogen-bond donors (Lipinski definition) is 2. The first-order valence-corrected chi connectivity index (χ1v) is 5.95. The molecular formula is C13H18F2N2O2. The van der Waals surface area contributed by atoms with Crippen molar-refractivity contribution in [3.63, 3.8) is 0 Å². The van der Waals surface area contributed by atoms with Crippen molar-refractivity contribution >= 4 is 5.91 Å². The van der Waals surface area contributed by atoms with E-state index in [0.29, 0.717) is 5.56 Å². The van der Waals surface area contributed by atoms with Crippen LogP contribution in [-0.4, -0.2) is 42.0 Å². The van der Waals surface area contributed by atoms with Crippen molar-refractivity contribution in [2.75, 3.05) is 19.7 Å². The molecule has 1 atom stereocenters. The van der Waals surface area contributed by atoms with Gasteiger partial charge < -0.3 is 15.7 Å². The maximum absolute atomic E-state index is 12.4. The van der Waals surface area contributed by atoms with E-state index in [9.17, 15) is 13.6 Å². The van der Waals surface area contributed by atoms with E-state index in [1.807, 2.05) is 6.92 Å². The van der Waals surface area contributed by atoms with E-state index >= 15 is 0 Å². The van der Waals surface area contributed by atoms with Gasteiger partial charge in [0.25, 0.3) is 6.43 Å². The van der Waals surface area contributed by atoms with Crippen molar-refractivity contribution in [3.8, 4) is 0 Å². The molecule has 1 aromatic rings. The first-order chi connectivity index (χ1) is 8.95. The van der Waals surface area contributed by atoms with E-state index in [2.05, 4.69) is 0 Å². The second kappa shape index (κ2) is 7.16. The van der Waals surface area contributed by atoms with E-state index in [1.165, 1.54) is 0 Å². The third-order valence-corrected chi connectivity index (χ3v) is 2.74. The molecule has 0 aliphatic carbocycles. The molecule has 4 nitrogen and oxygen atoms in total. The fraction of sp³-hybridized carbons (Fsp3) is 0.462. The van der Waals surface area contributed by atoms with Gasteiger partial charge in [-0.05, 0) is 12.5 Å². The molecule has 3 N–H and O–H groups in total. The van der Waals surface area contributed by atoms with Crippen LogP contribution in [0.4, 0.5) is 8.78 Å². The summed E-state index contributed by atoms with van der Waals surface area (Å²) in [5, 5.41) is 8.81. The molecule has 0 aliphatic heterocycles. The monoisotopic (exact) mass is 272 g/mol. The summed E-state index contributed by atoms with van der Waals surface area (Å²) in [5.41, 5.74) is 7.36. The number of hydrogen-bond acceptors (Lipinski definition) is 3. The van der Waals surface area contributed by atoms with Crippen molar-refractivity contribution in [2.24, 2.45) is 5.73 Å². The predicted octanol–water partition coefficient (Wildman–Crippen LogP) is 1.08. The van der Waals surface area contributed by atoms with Crippen LogP contribution in [0, 0.1) is 6.92 Å². The molecule has 0 fully saturated rings. The van der Waals surface area contributed by atoms with Crippen LogP contribution in [0.5, 0.6) is 0 Å². The summed E-state index contributed by atoms with van der Waals surface area (Å²) in [4.78, 5) is 12.9.